The van der Waals surface area contributed by atoms with Gasteiger partial charge in [0.25, 0.3) is 5.92 Å². The number of amides is 1. The molecular formula is C10H15F5N2O3. The zero-order valence-corrected chi connectivity index (χ0v) is 10.4. The molecule has 0 saturated carbocycles. The molecule has 0 bridgehead atoms. The van der Waals surface area contributed by atoms with E-state index in [1.165, 1.54) is 0 Å². The minimum Gasteiger partial charge on any atom is -0.390 e. The second-order valence-corrected chi connectivity index (χ2v) is 4.41. The van der Waals surface area contributed by atoms with Crippen LogP contribution >= 0.6 is 0 Å². The highest BCUT2D eigenvalue weighted by Crippen LogP contribution is 2.20. The maximum Gasteiger partial charge on any atom is 0.401 e. The number of alkyl halides is 5. The van der Waals surface area contributed by atoms with E-state index in [0.717, 1.165) is 4.90 Å². The van der Waals surface area contributed by atoms with Gasteiger partial charge in [-0.3, -0.25) is 9.69 Å². The number of morpholine rings is 1. The predicted octanol–water partition coefficient (Wildman–Crippen LogP) is -0.00670. The summed E-state index contributed by atoms with van der Waals surface area (Å²) < 4.78 is 67.4. The van der Waals surface area contributed by atoms with Gasteiger partial charge in [0.1, 0.15) is 12.6 Å². The Morgan fingerprint density at radius 2 is 2.00 bits per heavy atom. The van der Waals surface area contributed by atoms with Crippen LogP contribution in [0.1, 0.15) is 0 Å². The smallest absolute Gasteiger partial charge is 0.390 e. The first kappa shape index (κ1) is 17.1. The van der Waals surface area contributed by atoms with Crippen molar-refractivity contribution in [2.45, 2.75) is 18.1 Å². The molecule has 1 fully saturated rings. The van der Waals surface area contributed by atoms with E-state index in [2.05, 4.69) is 0 Å². The average molecular weight is 306 g/mol. The van der Waals surface area contributed by atoms with Crippen LogP contribution < -0.4 is 5.32 Å². The van der Waals surface area contributed by atoms with Gasteiger partial charge >= 0.3 is 6.18 Å². The molecule has 0 aliphatic carbocycles. The summed E-state index contributed by atoms with van der Waals surface area (Å²) in [5.74, 6) is -4.50. The third-order valence-electron chi connectivity index (χ3n) is 2.68. The Balaban J connectivity index is 2.58. The molecule has 0 aromatic heterocycles. The van der Waals surface area contributed by atoms with Crippen LogP contribution in [-0.4, -0.2) is 73.5 Å². The molecule has 1 unspecified atom stereocenters. The highest BCUT2D eigenvalue weighted by molar-refractivity contribution is 5.82. The molecule has 1 amide bonds. The topological polar surface area (TPSA) is 61.8 Å². The third-order valence-corrected chi connectivity index (χ3v) is 2.68. The summed E-state index contributed by atoms with van der Waals surface area (Å²) in [6.07, 6.45) is -4.50. The minimum atomic E-state index is -4.50. The summed E-state index contributed by atoms with van der Waals surface area (Å²) in [5, 5.41) is 10.2. The monoisotopic (exact) mass is 306 g/mol. The number of nitrogens with zero attached hydrogens (tertiary/aromatic N) is 1. The van der Waals surface area contributed by atoms with E-state index in [0.29, 0.717) is 0 Å². The summed E-state index contributed by atoms with van der Waals surface area (Å²) in [5.41, 5.74) is 0. The van der Waals surface area contributed by atoms with Crippen LogP contribution in [0.3, 0.4) is 0 Å². The normalized spacial score (nSPS) is 21.8. The molecule has 0 aromatic rings. The second kappa shape index (κ2) is 6.64. The zero-order chi connectivity index (χ0) is 15.4. The minimum absolute atomic E-state index is 0.0344. The number of carbonyl (C=O) groups excluding carboxylic acids is 1. The molecule has 1 aliphatic heterocycles. The third kappa shape index (κ3) is 5.55. The highest BCUT2D eigenvalue weighted by Gasteiger charge is 2.39. The van der Waals surface area contributed by atoms with Gasteiger partial charge in [-0.15, -0.1) is 0 Å². The Morgan fingerprint density at radius 3 is 2.55 bits per heavy atom. The van der Waals surface area contributed by atoms with Crippen molar-refractivity contribution in [2.24, 2.45) is 0 Å². The first-order valence-electron chi connectivity index (χ1n) is 5.79. The van der Waals surface area contributed by atoms with E-state index in [-0.39, 0.29) is 19.8 Å². The lowest BCUT2D eigenvalue weighted by Crippen LogP contribution is -2.57. The van der Waals surface area contributed by atoms with Crippen molar-refractivity contribution in [3.05, 3.63) is 0 Å². The number of carbonyl (C=O) groups is 1. The van der Waals surface area contributed by atoms with Crippen molar-refractivity contribution in [3.63, 3.8) is 0 Å². The van der Waals surface area contributed by atoms with Crippen LogP contribution in [0.5, 0.6) is 0 Å². The maximum atomic E-state index is 12.8. The molecule has 1 saturated heterocycles. The molecule has 0 aromatic carbocycles. The maximum absolute atomic E-state index is 12.8. The first-order chi connectivity index (χ1) is 9.14. The Kier molecular flexibility index (Phi) is 5.66. The molecule has 20 heavy (non-hydrogen) atoms. The summed E-state index contributed by atoms with van der Waals surface area (Å²) in [6, 6.07) is -1.28. The fourth-order valence-corrected chi connectivity index (χ4v) is 1.69. The van der Waals surface area contributed by atoms with E-state index in [1.807, 2.05) is 5.32 Å². The van der Waals surface area contributed by atoms with Gasteiger partial charge in [-0.25, -0.2) is 8.78 Å². The van der Waals surface area contributed by atoms with Gasteiger partial charge in [0.15, 0.2) is 0 Å². The number of nitrogens with one attached hydrogen (secondary N) is 1. The summed E-state index contributed by atoms with van der Waals surface area (Å²) in [4.78, 5) is 12.5. The number of aliphatic hydroxyl groups excluding tert-OH is 1. The van der Waals surface area contributed by atoms with Crippen LogP contribution in [0.25, 0.3) is 0 Å². The van der Waals surface area contributed by atoms with E-state index in [4.69, 9.17) is 9.84 Å². The van der Waals surface area contributed by atoms with E-state index in [9.17, 15) is 26.7 Å². The molecule has 0 spiro atoms. The predicted molar refractivity (Wildman–Crippen MR) is 57.3 cm³/mol. The molecule has 2 N–H and O–H groups in total. The molecular weight excluding hydrogens is 291 g/mol. The van der Waals surface area contributed by atoms with Crippen molar-refractivity contribution in [1.29, 1.82) is 0 Å². The summed E-state index contributed by atoms with van der Waals surface area (Å²) in [6.45, 7) is -4.29. The number of halogens is 5. The van der Waals surface area contributed by atoms with Crippen molar-refractivity contribution >= 4 is 5.91 Å². The Labute approximate surface area is 111 Å². The van der Waals surface area contributed by atoms with Gasteiger partial charge in [-0.05, 0) is 0 Å². The molecule has 1 atom stereocenters. The van der Waals surface area contributed by atoms with Crippen molar-refractivity contribution in [1.82, 2.24) is 10.2 Å². The SMILES string of the molecule is O=C(NCC(F)(F)CO)C1COCCN1CC(F)(F)F. The lowest BCUT2D eigenvalue weighted by atomic mass is 10.2. The van der Waals surface area contributed by atoms with Gasteiger partial charge in [-0.2, -0.15) is 13.2 Å². The van der Waals surface area contributed by atoms with Gasteiger partial charge in [0.2, 0.25) is 5.91 Å². The summed E-state index contributed by atoms with van der Waals surface area (Å²) >= 11 is 0. The molecule has 118 valence electrons. The average Bonchev–Trinajstić information content (AvgIpc) is 2.35. The second-order valence-electron chi connectivity index (χ2n) is 4.41. The van der Waals surface area contributed by atoms with Crippen LogP contribution in [-0.2, 0) is 9.53 Å². The van der Waals surface area contributed by atoms with Gasteiger partial charge in [-0.1, -0.05) is 0 Å². The van der Waals surface area contributed by atoms with E-state index < -0.39 is 43.7 Å². The first-order valence-corrected chi connectivity index (χ1v) is 5.79. The number of aliphatic hydroxyl groups is 1. The Hall–Kier alpha value is -1.00. The van der Waals surface area contributed by atoms with Crippen LogP contribution in [0.4, 0.5) is 22.0 Å². The van der Waals surface area contributed by atoms with Gasteiger partial charge < -0.3 is 15.2 Å². The fraction of sp³-hybridized carbons (Fsp3) is 0.900. The lowest BCUT2D eigenvalue weighted by molar-refractivity contribution is -0.167. The van der Waals surface area contributed by atoms with Crippen LogP contribution in [0.15, 0.2) is 0 Å². The Bertz CT molecular complexity index is 337. The summed E-state index contributed by atoms with van der Waals surface area (Å²) in [7, 11) is 0. The van der Waals surface area contributed by atoms with Gasteiger partial charge in [0.05, 0.1) is 26.3 Å². The number of hydrogen-bond acceptors (Lipinski definition) is 4. The molecule has 1 heterocycles. The van der Waals surface area contributed by atoms with Crippen molar-refractivity contribution in [3.8, 4) is 0 Å². The number of rotatable bonds is 5. The van der Waals surface area contributed by atoms with Crippen LogP contribution in [0, 0.1) is 0 Å². The van der Waals surface area contributed by atoms with Crippen molar-refractivity contribution in [2.75, 3.05) is 39.5 Å². The van der Waals surface area contributed by atoms with Crippen molar-refractivity contribution < 1.29 is 36.6 Å². The van der Waals surface area contributed by atoms with E-state index in [1.54, 1.807) is 0 Å². The zero-order valence-electron chi connectivity index (χ0n) is 10.4. The highest BCUT2D eigenvalue weighted by atomic mass is 19.4. The largest absolute Gasteiger partial charge is 0.401 e. The number of hydrogen-bond donors (Lipinski definition) is 2. The number of ether oxygens (including phenoxy) is 1. The van der Waals surface area contributed by atoms with Crippen LogP contribution in [0.2, 0.25) is 0 Å². The standard InChI is InChI=1S/C10H15F5N2O3/c11-9(12,6-18)4-16-8(19)7-3-20-2-1-17(7)5-10(13,14)15/h7,18H,1-6H2,(H,16,19). The molecule has 1 rings (SSSR count). The molecule has 1 aliphatic rings. The lowest BCUT2D eigenvalue weighted by Gasteiger charge is -2.35. The van der Waals surface area contributed by atoms with Gasteiger partial charge in [0, 0.05) is 6.54 Å². The quantitative estimate of drug-likeness (QED) is 0.702. The Morgan fingerprint density at radius 1 is 1.35 bits per heavy atom. The molecule has 10 heteroatoms. The molecule has 0 radical (unpaired) electrons. The van der Waals surface area contributed by atoms with E-state index >= 15 is 0 Å². The molecule has 5 nitrogen and oxygen atoms in total. The fourth-order valence-electron chi connectivity index (χ4n) is 1.69.